The number of ether oxygens (including phenoxy) is 1. The zero-order chi connectivity index (χ0) is 36.3. The summed E-state index contributed by atoms with van der Waals surface area (Å²) in [7, 11) is 5.08. The maximum Gasteiger partial charge on any atom is 0.573 e. The molecule has 4 rings (SSSR count). The van der Waals surface area contributed by atoms with Gasteiger partial charge in [0.05, 0.1) is 11.4 Å². The molecule has 0 aliphatic heterocycles. The predicted octanol–water partition coefficient (Wildman–Crippen LogP) is 7.73. The molecule has 0 amide bonds. The molecule has 0 fully saturated rings. The van der Waals surface area contributed by atoms with Gasteiger partial charge in [-0.2, -0.15) is 0 Å². The summed E-state index contributed by atoms with van der Waals surface area (Å²) in [4.78, 5) is 25.2. The number of aromatic nitrogens is 3. The van der Waals surface area contributed by atoms with Crippen molar-refractivity contribution in [1.82, 2.24) is 19.4 Å². The van der Waals surface area contributed by atoms with Gasteiger partial charge in [0.1, 0.15) is 7.14 Å². The second-order valence-electron chi connectivity index (χ2n) is 13.3. The van der Waals surface area contributed by atoms with E-state index in [9.17, 15) is 22.5 Å². The first-order valence-electron chi connectivity index (χ1n) is 16.1. The maximum atomic E-state index is 13.9. The highest BCUT2D eigenvalue weighted by Crippen LogP contribution is 2.45. The minimum absolute atomic E-state index is 0.0353. The Morgan fingerprint density at radius 3 is 2.45 bits per heavy atom. The first kappa shape index (κ1) is 37.7. The molecule has 49 heavy (non-hydrogen) atoms. The van der Waals surface area contributed by atoms with Gasteiger partial charge in [0.2, 0.25) is 5.95 Å². The van der Waals surface area contributed by atoms with Crippen molar-refractivity contribution < 1.29 is 27.3 Å². The zero-order valence-corrected chi connectivity index (χ0v) is 30.4. The van der Waals surface area contributed by atoms with E-state index >= 15 is 0 Å². The van der Waals surface area contributed by atoms with E-state index in [0.29, 0.717) is 37.3 Å². The molecule has 0 saturated heterocycles. The molecule has 2 aromatic carbocycles. The van der Waals surface area contributed by atoms with Crippen LogP contribution in [0.1, 0.15) is 38.7 Å². The number of likely N-dealkylation sites (N-methyl/N-ethyl adjacent to an activating group) is 2. The molecule has 0 aliphatic rings. The molecule has 1 atom stereocenters. The quantitative estimate of drug-likeness (QED) is 0.0997. The summed E-state index contributed by atoms with van der Waals surface area (Å²) in [6, 6.07) is 10.5. The fraction of sp³-hybridized carbons (Fsp3) is 0.417. The number of carbonyl (C=O) groups is 1. The highest BCUT2D eigenvalue weighted by molar-refractivity contribution is 7.70. The number of fused-ring (bicyclic) bond motifs is 1. The topological polar surface area (TPSA) is 92.6 Å². The molecule has 264 valence electrons. The van der Waals surface area contributed by atoms with Crippen molar-refractivity contribution in [2.24, 2.45) is 7.05 Å². The van der Waals surface area contributed by atoms with Crippen molar-refractivity contribution in [2.75, 3.05) is 57.8 Å². The normalized spacial score (nSPS) is 13.4. The number of hydrogen-bond donors (Lipinski definition) is 1. The SMILES string of the molecule is C=CC(=O)CC[C@](C)(CC)c1cc(Nc2nccc(-c3cn(C)c4cc(P(C)(C)=O)ccc34)n2)c(OC(F)(F)F)cc1N(C)CCN(C)C. The second-order valence-corrected chi connectivity index (χ2v) is 16.5. The largest absolute Gasteiger partial charge is 0.573 e. The molecule has 9 nitrogen and oxygen atoms in total. The molecule has 4 aromatic rings. The summed E-state index contributed by atoms with van der Waals surface area (Å²) < 4.78 is 60.9. The third kappa shape index (κ3) is 9.10. The van der Waals surface area contributed by atoms with Crippen LogP contribution >= 0.6 is 7.14 Å². The standard InChI is InChI=1S/C36H46F3N6O3P/c1-10-24(46)14-16-35(3,11-2)28-21-30(33(48-36(37,38)39)22-32(28)44(6)19-18-43(4)5)42-34-40-17-15-29(41-34)27-23-45(7)31-20-25(49(8,9)47)12-13-26(27)31/h10,12-13,15,17,20-23H,1,11,14,16,18-19H2,2-9H3,(H,40,41,42)/t35-/m0/s1. The number of nitrogens with zero attached hydrogens (tertiary/aromatic N) is 5. The molecular formula is C36H46F3N6O3P. The van der Waals surface area contributed by atoms with Gasteiger partial charge < -0.3 is 29.0 Å². The summed E-state index contributed by atoms with van der Waals surface area (Å²) in [5.74, 6) is -0.464. The maximum absolute atomic E-state index is 13.9. The summed E-state index contributed by atoms with van der Waals surface area (Å²) in [6.07, 6.45) is 1.09. The van der Waals surface area contributed by atoms with Gasteiger partial charge in [-0.25, -0.2) is 9.97 Å². The van der Waals surface area contributed by atoms with E-state index in [-0.39, 0.29) is 23.8 Å². The third-order valence-electron chi connectivity index (χ3n) is 8.97. The average Bonchev–Trinajstić information content (AvgIpc) is 3.37. The Morgan fingerprint density at radius 2 is 1.84 bits per heavy atom. The van der Waals surface area contributed by atoms with E-state index in [4.69, 9.17) is 4.98 Å². The van der Waals surface area contributed by atoms with Crippen molar-refractivity contribution in [3.05, 3.63) is 67.0 Å². The van der Waals surface area contributed by atoms with E-state index in [0.717, 1.165) is 27.3 Å². The Labute approximate surface area is 286 Å². The molecule has 0 aliphatic carbocycles. The highest BCUT2D eigenvalue weighted by Gasteiger charge is 2.35. The fourth-order valence-electron chi connectivity index (χ4n) is 5.75. The molecule has 0 radical (unpaired) electrons. The minimum atomic E-state index is -4.96. The molecule has 2 aromatic heterocycles. The van der Waals surface area contributed by atoms with Crippen LogP contribution in [0.25, 0.3) is 22.2 Å². The number of alkyl halides is 3. The van der Waals surface area contributed by atoms with Crippen LogP contribution < -0.4 is 20.3 Å². The van der Waals surface area contributed by atoms with E-state index in [2.05, 4.69) is 21.6 Å². The van der Waals surface area contributed by atoms with Gasteiger partial charge >= 0.3 is 6.36 Å². The summed E-state index contributed by atoms with van der Waals surface area (Å²) >= 11 is 0. The lowest BCUT2D eigenvalue weighted by molar-refractivity contribution is -0.274. The van der Waals surface area contributed by atoms with Gasteiger partial charge in [-0.15, -0.1) is 13.2 Å². The molecule has 0 saturated carbocycles. The lowest BCUT2D eigenvalue weighted by Crippen LogP contribution is -2.32. The van der Waals surface area contributed by atoms with Crippen molar-refractivity contribution in [3.8, 4) is 17.0 Å². The monoisotopic (exact) mass is 698 g/mol. The first-order valence-corrected chi connectivity index (χ1v) is 18.7. The van der Waals surface area contributed by atoms with Crippen LogP contribution in [0, 0.1) is 0 Å². The van der Waals surface area contributed by atoms with Gasteiger partial charge in [0.15, 0.2) is 11.5 Å². The molecule has 0 unspecified atom stereocenters. The van der Waals surface area contributed by atoms with Crippen LogP contribution in [0.2, 0.25) is 0 Å². The minimum Gasteiger partial charge on any atom is -0.403 e. The molecule has 1 N–H and O–H groups in total. The molecule has 2 heterocycles. The van der Waals surface area contributed by atoms with Crippen LogP contribution in [0.15, 0.2) is 61.4 Å². The Kier molecular flexibility index (Phi) is 11.3. The van der Waals surface area contributed by atoms with Gasteiger partial charge in [0, 0.05) is 79.5 Å². The molecular weight excluding hydrogens is 652 g/mol. The van der Waals surface area contributed by atoms with Crippen LogP contribution in [-0.2, 0) is 21.8 Å². The number of ketones is 1. The lowest BCUT2D eigenvalue weighted by atomic mass is 9.74. The summed E-state index contributed by atoms with van der Waals surface area (Å²) in [6.45, 7) is 12.2. The van der Waals surface area contributed by atoms with Crippen molar-refractivity contribution in [1.29, 1.82) is 0 Å². The number of halogens is 3. The van der Waals surface area contributed by atoms with Crippen LogP contribution in [0.3, 0.4) is 0 Å². The Hall–Kier alpha value is -4.15. The van der Waals surface area contributed by atoms with Gasteiger partial charge in [0.25, 0.3) is 0 Å². The number of aryl methyl sites for hydroxylation is 1. The second kappa shape index (κ2) is 14.8. The number of anilines is 3. The van der Waals surface area contributed by atoms with Crippen LogP contribution in [-0.4, -0.2) is 79.1 Å². The number of benzene rings is 2. The molecule has 0 bridgehead atoms. The number of rotatable bonds is 15. The molecule has 0 spiro atoms. The Bertz CT molecular complexity index is 1880. The van der Waals surface area contributed by atoms with Crippen LogP contribution in [0.4, 0.5) is 30.5 Å². The number of carbonyl (C=O) groups excluding carboxylic acids is 1. The van der Waals surface area contributed by atoms with Gasteiger partial charge in [-0.05, 0) is 75.5 Å². The first-order chi connectivity index (χ1) is 22.8. The van der Waals surface area contributed by atoms with Crippen molar-refractivity contribution >= 4 is 46.5 Å². The Morgan fingerprint density at radius 1 is 1.12 bits per heavy atom. The predicted molar refractivity (Wildman–Crippen MR) is 193 cm³/mol. The zero-order valence-electron chi connectivity index (χ0n) is 29.5. The van der Waals surface area contributed by atoms with E-state index < -0.39 is 24.7 Å². The Balaban J connectivity index is 1.85. The summed E-state index contributed by atoms with van der Waals surface area (Å²) in [5, 5.41) is 4.66. The number of hydrogen-bond acceptors (Lipinski definition) is 8. The third-order valence-corrected chi connectivity index (χ3v) is 10.5. The number of allylic oxidation sites excluding steroid dienone is 1. The van der Waals surface area contributed by atoms with E-state index in [1.165, 1.54) is 18.3 Å². The van der Waals surface area contributed by atoms with Gasteiger partial charge in [-0.3, -0.25) is 4.79 Å². The van der Waals surface area contributed by atoms with E-state index in [1.807, 2.05) is 80.8 Å². The smallest absolute Gasteiger partial charge is 0.403 e. The van der Waals surface area contributed by atoms with E-state index in [1.54, 1.807) is 25.5 Å². The van der Waals surface area contributed by atoms with Crippen LogP contribution in [0.5, 0.6) is 5.75 Å². The fourth-order valence-corrected chi connectivity index (χ4v) is 6.62. The average molecular weight is 699 g/mol. The molecule has 13 heteroatoms. The number of nitrogens with one attached hydrogen (secondary N) is 1. The van der Waals surface area contributed by atoms with Crippen molar-refractivity contribution in [2.45, 2.75) is 44.9 Å². The van der Waals surface area contributed by atoms with Crippen molar-refractivity contribution in [3.63, 3.8) is 0 Å². The highest BCUT2D eigenvalue weighted by atomic mass is 31.2. The lowest BCUT2D eigenvalue weighted by Gasteiger charge is -2.35. The summed E-state index contributed by atoms with van der Waals surface area (Å²) in [5.41, 5.74) is 2.98. The van der Waals surface area contributed by atoms with Gasteiger partial charge in [-0.1, -0.05) is 32.6 Å².